The maximum atomic E-state index is 5.52. The molecule has 0 heterocycles. The van der Waals surface area contributed by atoms with Gasteiger partial charge in [0, 0.05) is 5.92 Å². The fourth-order valence-electron chi connectivity index (χ4n) is 3.44. The molecule has 0 aliphatic heterocycles. The monoisotopic (exact) mass is 282 g/mol. The standard InChI is InChI=1S/C21H30/c1-3-5-6-7-19-12-14-21(15-13-19)17-16-20-10-8-18(4-2)9-11-20/h2,12-15,18,20H,3,5-11,16-17H2,1H3. The molecule has 0 N–H and O–H groups in total. The summed E-state index contributed by atoms with van der Waals surface area (Å²) in [7, 11) is 0. The third kappa shape index (κ3) is 5.58. The van der Waals surface area contributed by atoms with Crippen LogP contribution < -0.4 is 0 Å². The van der Waals surface area contributed by atoms with Crippen molar-refractivity contribution < 1.29 is 0 Å². The van der Waals surface area contributed by atoms with Crippen LogP contribution in [-0.2, 0) is 12.8 Å². The van der Waals surface area contributed by atoms with Crippen molar-refractivity contribution in [2.24, 2.45) is 11.8 Å². The molecule has 1 fully saturated rings. The lowest BCUT2D eigenvalue weighted by Crippen LogP contribution is -2.13. The van der Waals surface area contributed by atoms with Gasteiger partial charge in [0.15, 0.2) is 0 Å². The molecule has 0 radical (unpaired) electrons. The number of hydrogen-bond acceptors (Lipinski definition) is 0. The summed E-state index contributed by atoms with van der Waals surface area (Å²) in [6, 6.07) is 9.35. The van der Waals surface area contributed by atoms with E-state index in [9.17, 15) is 0 Å². The van der Waals surface area contributed by atoms with Crippen molar-refractivity contribution in [2.75, 3.05) is 0 Å². The van der Waals surface area contributed by atoms with E-state index in [0.29, 0.717) is 5.92 Å². The molecule has 0 aromatic heterocycles. The highest BCUT2D eigenvalue weighted by molar-refractivity contribution is 5.22. The average Bonchev–Trinajstić information content (AvgIpc) is 2.55. The van der Waals surface area contributed by atoms with E-state index in [-0.39, 0.29) is 0 Å². The second-order valence-electron chi connectivity index (χ2n) is 6.70. The van der Waals surface area contributed by atoms with Crippen molar-refractivity contribution >= 4 is 0 Å². The normalized spacial score (nSPS) is 21.9. The molecular formula is C21H30. The number of terminal acetylenes is 1. The Morgan fingerprint density at radius 3 is 2.14 bits per heavy atom. The van der Waals surface area contributed by atoms with Crippen LogP contribution in [0.4, 0.5) is 0 Å². The smallest absolute Gasteiger partial charge is 0.0200 e. The molecule has 0 saturated heterocycles. The second kappa shape index (κ2) is 8.93. The van der Waals surface area contributed by atoms with Crippen LogP contribution in [0, 0.1) is 24.2 Å². The number of unbranched alkanes of at least 4 members (excludes halogenated alkanes) is 2. The first-order chi connectivity index (χ1) is 10.3. The summed E-state index contributed by atoms with van der Waals surface area (Å²) in [4.78, 5) is 0. The van der Waals surface area contributed by atoms with Gasteiger partial charge in [-0.05, 0) is 68.4 Å². The summed E-state index contributed by atoms with van der Waals surface area (Å²) in [5.41, 5.74) is 3.01. The minimum absolute atomic E-state index is 0.559. The van der Waals surface area contributed by atoms with Crippen molar-refractivity contribution in [3.63, 3.8) is 0 Å². The lowest BCUT2D eigenvalue weighted by Gasteiger charge is -2.25. The molecule has 0 atom stereocenters. The van der Waals surface area contributed by atoms with Crippen molar-refractivity contribution in [2.45, 2.75) is 71.1 Å². The Labute approximate surface area is 131 Å². The fourth-order valence-corrected chi connectivity index (χ4v) is 3.44. The number of hydrogen-bond donors (Lipinski definition) is 0. The predicted octanol–water partition coefficient (Wildman–Crippen LogP) is 5.79. The van der Waals surface area contributed by atoms with Gasteiger partial charge >= 0.3 is 0 Å². The van der Waals surface area contributed by atoms with Gasteiger partial charge in [-0.2, -0.15) is 0 Å². The molecule has 0 bridgehead atoms. The molecule has 1 aromatic rings. The molecule has 1 aromatic carbocycles. The van der Waals surface area contributed by atoms with Gasteiger partial charge in [0.1, 0.15) is 0 Å². The van der Waals surface area contributed by atoms with Gasteiger partial charge < -0.3 is 0 Å². The maximum Gasteiger partial charge on any atom is 0.0200 e. The van der Waals surface area contributed by atoms with Gasteiger partial charge in [0.25, 0.3) is 0 Å². The highest BCUT2D eigenvalue weighted by Gasteiger charge is 2.19. The van der Waals surface area contributed by atoms with E-state index >= 15 is 0 Å². The third-order valence-corrected chi connectivity index (χ3v) is 5.02. The van der Waals surface area contributed by atoms with Gasteiger partial charge in [-0.3, -0.25) is 0 Å². The van der Waals surface area contributed by atoms with E-state index in [1.54, 1.807) is 0 Å². The number of rotatable bonds is 7. The molecule has 1 saturated carbocycles. The lowest BCUT2D eigenvalue weighted by molar-refractivity contribution is 0.302. The Balaban J connectivity index is 1.70. The third-order valence-electron chi connectivity index (χ3n) is 5.02. The molecule has 114 valence electrons. The van der Waals surface area contributed by atoms with E-state index in [2.05, 4.69) is 37.1 Å². The lowest BCUT2D eigenvalue weighted by atomic mass is 9.80. The maximum absolute atomic E-state index is 5.52. The Hall–Kier alpha value is -1.22. The highest BCUT2D eigenvalue weighted by Crippen LogP contribution is 2.31. The van der Waals surface area contributed by atoms with E-state index in [0.717, 1.165) is 5.92 Å². The highest BCUT2D eigenvalue weighted by atomic mass is 14.2. The largest absolute Gasteiger partial charge is 0.120 e. The first-order valence-electron chi connectivity index (χ1n) is 8.85. The molecule has 0 spiro atoms. The Kier molecular flexibility index (Phi) is 6.87. The van der Waals surface area contributed by atoms with Crippen LogP contribution in [0.5, 0.6) is 0 Å². The zero-order valence-corrected chi connectivity index (χ0v) is 13.6. The van der Waals surface area contributed by atoms with Crippen molar-refractivity contribution in [3.05, 3.63) is 35.4 Å². The van der Waals surface area contributed by atoms with Gasteiger partial charge in [-0.15, -0.1) is 12.3 Å². The molecular weight excluding hydrogens is 252 g/mol. The van der Waals surface area contributed by atoms with E-state index in [4.69, 9.17) is 6.42 Å². The minimum atomic E-state index is 0.559. The summed E-state index contributed by atoms with van der Waals surface area (Å²) >= 11 is 0. The summed E-state index contributed by atoms with van der Waals surface area (Å²) in [5, 5.41) is 0. The summed E-state index contributed by atoms with van der Waals surface area (Å²) < 4.78 is 0. The zero-order valence-electron chi connectivity index (χ0n) is 13.6. The molecule has 1 aliphatic carbocycles. The van der Waals surface area contributed by atoms with Crippen LogP contribution in [0.25, 0.3) is 0 Å². The van der Waals surface area contributed by atoms with Crippen LogP contribution in [-0.4, -0.2) is 0 Å². The summed E-state index contributed by atoms with van der Waals surface area (Å²) in [6.07, 6.45) is 18.5. The van der Waals surface area contributed by atoms with Crippen LogP contribution in [0.1, 0.15) is 69.4 Å². The van der Waals surface area contributed by atoms with E-state index < -0.39 is 0 Å². The summed E-state index contributed by atoms with van der Waals surface area (Å²) in [6.45, 7) is 2.26. The average molecular weight is 282 g/mol. The topological polar surface area (TPSA) is 0 Å². The molecule has 0 heteroatoms. The first kappa shape index (κ1) is 16.2. The van der Waals surface area contributed by atoms with Crippen molar-refractivity contribution in [1.29, 1.82) is 0 Å². The molecule has 0 nitrogen and oxygen atoms in total. The molecule has 0 amide bonds. The fraction of sp³-hybridized carbons (Fsp3) is 0.619. The Morgan fingerprint density at radius 2 is 1.57 bits per heavy atom. The van der Waals surface area contributed by atoms with Crippen molar-refractivity contribution in [3.8, 4) is 12.3 Å². The van der Waals surface area contributed by atoms with Gasteiger partial charge in [-0.25, -0.2) is 0 Å². The minimum Gasteiger partial charge on any atom is -0.120 e. The molecule has 0 unspecified atom stereocenters. The van der Waals surface area contributed by atoms with Crippen LogP contribution in [0.15, 0.2) is 24.3 Å². The van der Waals surface area contributed by atoms with Crippen LogP contribution in [0.3, 0.4) is 0 Å². The SMILES string of the molecule is C#CC1CCC(CCc2ccc(CCCCC)cc2)CC1. The van der Waals surface area contributed by atoms with Gasteiger partial charge in [0.05, 0.1) is 0 Å². The zero-order chi connectivity index (χ0) is 14.9. The quantitative estimate of drug-likeness (QED) is 0.438. The van der Waals surface area contributed by atoms with E-state index in [1.165, 1.54) is 75.3 Å². The molecule has 1 aliphatic rings. The van der Waals surface area contributed by atoms with Crippen LogP contribution in [0.2, 0.25) is 0 Å². The van der Waals surface area contributed by atoms with Gasteiger partial charge in [0.2, 0.25) is 0 Å². The van der Waals surface area contributed by atoms with Gasteiger partial charge in [-0.1, -0.05) is 44.0 Å². The Morgan fingerprint density at radius 1 is 0.952 bits per heavy atom. The van der Waals surface area contributed by atoms with E-state index in [1.807, 2.05) is 0 Å². The van der Waals surface area contributed by atoms with Crippen LogP contribution >= 0.6 is 0 Å². The number of benzene rings is 1. The molecule has 2 rings (SSSR count). The first-order valence-corrected chi connectivity index (χ1v) is 8.85. The second-order valence-corrected chi connectivity index (χ2v) is 6.70. The summed E-state index contributed by atoms with van der Waals surface area (Å²) in [5.74, 6) is 4.39. The molecule has 21 heavy (non-hydrogen) atoms. The van der Waals surface area contributed by atoms with Crippen molar-refractivity contribution in [1.82, 2.24) is 0 Å². The Bertz CT molecular complexity index is 426. The predicted molar refractivity (Wildman–Crippen MR) is 92.3 cm³/mol. The number of aryl methyl sites for hydroxylation is 2.